The summed E-state index contributed by atoms with van der Waals surface area (Å²) in [4.78, 5) is 11.8. The first-order chi connectivity index (χ1) is 16.3. The molecule has 1 unspecified atom stereocenters. The Morgan fingerprint density at radius 2 is 1.57 bits per heavy atom. The van der Waals surface area contributed by atoms with E-state index < -0.39 is 35.1 Å². The first-order valence-corrected chi connectivity index (χ1v) is 11.3. The minimum atomic E-state index is -4.92. The Morgan fingerprint density at radius 3 is 2.06 bits per heavy atom. The van der Waals surface area contributed by atoms with E-state index in [1.807, 2.05) is 30.3 Å². The van der Waals surface area contributed by atoms with Crippen LogP contribution in [-0.4, -0.2) is 24.6 Å². The summed E-state index contributed by atoms with van der Waals surface area (Å²) in [6.45, 7) is 1.95. The summed E-state index contributed by atoms with van der Waals surface area (Å²) >= 11 is 0. The van der Waals surface area contributed by atoms with Crippen LogP contribution in [0.1, 0.15) is 61.0 Å². The number of carbonyl (C=O) groups excluding carboxylic acids is 1. The molecule has 2 fully saturated rings. The van der Waals surface area contributed by atoms with Crippen molar-refractivity contribution in [2.24, 2.45) is 0 Å². The van der Waals surface area contributed by atoms with Crippen molar-refractivity contribution in [1.82, 2.24) is 10.6 Å². The number of benzene rings is 2. The maximum absolute atomic E-state index is 13.3. The van der Waals surface area contributed by atoms with Crippen LogP contribution in [0.3, 0.4) is 0 Å². The number of amides is 1. The van der Waals surface area contributed by atoms with Crippen LogP contribution in [0.4, 0.5) is 26.3 Å². The fourth-order valence-corrected chi connectivity index (χ4v) is 4.85. The monoisotopic (exact) mass is 500 g/mol. The number of carbonyl (C=O) groups is 1. The molecular weight excluding hydrogens is 474 g/mol. The molecular formula is C25H26F6N2O2. The molecule has 35 heavy (non-hydrogen) atoms. The summed E-state index contributed by atoms with van der Waals surface area (Å²) in [5.41, 5.74) is -3.11. The van der Waals surface area contributed by atoms with Gasteiger partial charge in [-0.25, -0.2) is 0 Å². The molecule has 190 valence electrons. The predicted octanol–water partition coefficient (Wildman–Crippen LogP) is 5.73. The van der Waals surface area contributed by atoms with Gasteiger partial charge in [0.15, 0.2) is 0 Å². The second-order valence-corrected chi connectivity index (χ2v) is 9.42. The van der Waals surface area contributed by atoms with Gasteiger partial charge in [0.25, 0.3) is 0 Å². The van der Waals surface area contributed by atoms with Crippen LogP contribution in [0.2, 0.25) is 0 Å². The van der Waals surface area contributed by atoms with Crippen LogP contribution in [0.5, 0.6) is 0 Å². The van der Waals surface area contributed by atoms with Gasteiger partial charge < -0.3 is 15.4 Å². The summed E-state index contributed by atoms with van der Waals surface area (Å²) in [7, 11) is 0. The lowest BCUT2D eigenvalue weighted by Crippen LogP contribution is -2.61. The summed E-state index contributed by atoms with van der Waals surface area (Å²) < 4.78 is 85.6. The molecule has 2 heterocycles. The molecule has 0 aliphatic carbocycles. The molecule has 0 radical (unpaired) electrons. The van der Waals surface area contributed by atoms with E-state index in [4.69, 9.17) is 4.74 Å². The quantitative estimate of drug-likeness (QED) is 0.516. The van der Waals surface area contributed by atoms with Crippen molar-refractivity contribution in [3.8, 4) is 0 Å². The fraction of sp³-hybridized carbons (Fsp3) is 0.480. The van der Waals surface area contributed by atoms with E-state index in [2.05, 4.69) is 10.6 Å². The molecule has 1 spiro atoms. The van der Waals surface area contributed by atoms with Crippen molar-refractivity contribution >= 4 is 5.91 Å². The zero-order valence-corrected chi connectivity index (χ0v) is 19.0. The molecule has 0 bridgehead atoms. The van der Waals surface area contributed by atoms with Crippen molar-refractivity contribution in [3.63, 3.8) is 0 Å². The van der Waals surface area contributed by atoms with Crippen molar-refractivity contribution < 1.29 is 35.9 Å². The van der Waals surface area contributed by atoms with E-state index in [9.17, 15) is 31.1 Å². The molecule has 0 aromatic heterocycles. The van der Waals surface area contributed by atoms with Crippen molar-refractivity contribution in [1.29, 1.82) is 0 Å². The molecule has 0 saturated carbocycles. The van der Waals surface area contributed by atoms with Crippen LogP contribution in [0.15, 0.2) is 48.5 Å². The van der Waals surface area contributed by atoms with Gasteiger partial charge in [0.05, 0.1) is 34.9 Å². The van der Waals surface area contributed by atoms with Crippen LogP contribution in [-0.2, 0) is 27.4 Å². The Bertz CT molecular complexity index is 1030. The number of hydrogen-bond donors (Lipinski definition) is 2. The SMILES string of the molecule is CC(OC[C@@]1(c2ccccc2)CC[C@]2(CCC(=O)N2)CN1)c1cc(C(F)(F)F)cc(C(F)(F)F)c1. The second kappa shape index (κ2) is 9.13. The molecule has 3 atom stereocenters. The highest BCUT2D eigenvalue weighted by Gasteiger charge is 2.47. The van der Waals surface area contributed by atoms with Gasteiger partial charge in [-0.1, -0.05) is 30.3 Å². The van der Waals surface area contributed by atoms with Gasteiger partial charge in [-0.05, 0) is 55.5 Å². The number of alkyl halides is 6. The van der Waals surface area contributed by atoms with E-state index in [1.54, 1.807) is 0 Å². The topological polar surface area (TPSA) is 50.4 Å². The summed E-state index contributed by atoms with van der Waals surface area (Å²) in [6, 6.07) is 10.9. The maximum Gasteiger partial charge on any atom is 0.416 e. The summed E-state index contributed by atoms with van der Waals surface area (Å²) in [5.74, 6) is -0.00565. The number of hydrogen-bond acceptors (Lipinski definition) is 3. The Kier molecular flexibility index (Phi) is 6.65. The zero-order chi connectivity index (χ0) is 25.5. The molecule has 4 nitrogen and oxygen atoms in total. The normalized spacial score (nSPS) is 26.1. The standard InChI is InChI=1S/C25H26F6N2O2/c1-16(17-11-19(24(26,27)28)13-20(12-17)25(29,30)31)35-15-23(18-5-3-2-4-6-18)10-9-22(14-32-23)8-7-21(34)33-22/h2-6,11-13,16,32H,7-10,14-15H2,1H3,(H,33,34)/t16?,22-,23-/m1/s1. The zero-order valence-electron chi connectivity index (χ0n) is 19.0. The van der Waals surface area contributed by atoms with Crippen LogP contribution >= 0.6 is 0 Å². The molecule has 10 heteroatoms. The molecule has 4 rings (SSSR count). The van der Waals surface area contributed by atoms with Gasteiger partial charge in [0.1, 0.15) is 0 Å². The number of nitrogens with one attached hydrogen (secondary N) is 2. The number of rotatable bonds is 5. The van der Waals surface area contributed by atoms with Crippen molar-refractivity contribution in [3.05, 3.63) is 70.8 Å². The Hall–Kier alpha value is -2.59. The van der Waals surface area contributed by atoms with Crippen LogP contribution in [0, 0.1) is 0 Å². The average molecular weight is 500 g/mol. The Labute approximate surface area is 199 Å². The van der Waals surface area contributed by atoms with Gasteiger partial charge in [0, 0.05) is 13.0 Å². The third-order valence-corrected chi connectivity index (χ3v) is 7.02. The summed E-state index contributed by atoms with van der Waals surface area (Å²) in [6.07, 6.45) is -8.49. The third-order valence-electron chi connectivity index (χ3n) is 7.02. The molecule has 2 saturated heterocycles. The largest absolute Gasteiger partial charge is 0.416 e. The summed E-state index contributed by atoms with van der Waals surface area (Å²) in [5, 5.41) is 6.52. The molecule has 2 N–H and O–H groups in total. The lowest BCUT2D eigenvalue weighted by Gasteiger charge is -2.46. The predicted molar refractivity (Wildman–Crippen MR) is 116 cm³/mol. The Balaban J connectivity index is 1.58. The van der Waals surface area contributed by atoms with Gasteiger partial charge >= 0.3 is 12.4 Å². The first-order valence-electron chi connectivity index (χ1n) is 11.3. The van der Waals surface area contributed by atoms with Crippen LogP contribution < -0.4 is 10.6 Å². The molecule has 2 aromatic rings. The van der Waals surface area contributed by atoms with Gasteiger partial charge in [-0.15, -0.1) is 0 Å². The van der Waals surface area contributed by atoms with Gasteiger partial charge in [-0.2, -0.15) is 26.3 Å². The number of halogens is 6. The van der Waals surface area contributed by atoms with E-state index in [0.717, 1.165) is 5.56 Å². The minimum Gasteiger partial charge on any atom is -0.372 e. The van der Waals surface area contributed by atoms with E-state index in [0.29, 0.717) is 44.4 Å². The highest BCUT2D eigenvalue weighted by molar-refractivity contribution is 5.79. The average Bonchev–Trinajstić information content (AvgIpc) is 3.18. The van der Waals surface area contributed by atoms with Gasteiger partial charge in [0.2, 0.25) is 5.91 Å². The van der Waals surface area contributed by atoms with E-state index >= 15 is 0 Å². The van der Waals surface area contributed by atoms with Crippen molar-refractivity contribution in [2.75, 3.05) is 13.2 Å². The lowest BCUT2D eigenvalue weighted by molar-refractivity contribution is -0.143. The molecule has 1 amide bonds. The van der Waals surface area contributed by atoms with E-state index in [1.165, 1.54) is 6.92 Å². The van der Waals surface area contributed by atoms with Crippen LogP contribution in [0.25, 0.3) is 0 Å². The van der Waals surface area contributed by atoms with Crippen molar-refractivity contribution in [2.45, 2.75) is 62.1 Å². The molecule has 2 aliphatic heterocycles. The second-order valence-electron chi connectivity index (χ2n) is 9.42. The maximum atomic E-state index is 13.3. The highest BCUT2D eigenvalue weighted by atomic mass is 19.4. The fourth-order valence-electron chi connectivity index (χ4n) is 4.85. The van der Waals surface area contributed by atoms with E-state index in [-0.39, 0.29) is 29.7 Å². The highest BCUT2D eigenvalue weighted by Crippen LogP contribution is 2.40. The van der Waals surface area contributed by atoms with Gasteiger partial charge in [-0.3, -0.25) is 4.79 Å². The number of piperidine rings is 1. The molecule has 2 aliphatic rings. The Morgan fingerprint density at radius 1 is 0.943 bits per heavy atom. The third kappa shape index (κ3) is 5.48. The smallest absolute Gasteiger partial charge is 0.372 e. The minimum absolute atomic E-state index is 0.00565. The lowest BCUT2D eigenvalue weighted by atomic mass is 9.76. The first kappa shape index (κ1) is 25.5. The molecule has 2 aromatic carbocycles. The number of ether oxygens (including phenoxy) is 1.